The van der Waals surface area contributed by atoms with E-state index in [1.54, 1.807) is 19.1 Å². The summed E-state index contributed by atoms with van der Waals surface area (Å²) in [5.41, 5.74) is 1.81. The van der Waals surface area contributed by atoms with Gasteiger partial charge in [-0.3, -0.25) is 9.89 Å². The molecule has 10 heteroatoms. The average molecular weight is 422 g/mol. The van der Waals surface area contributed by atoms with Crippen molar-refractivity contribution in [2.45, 2.75) is 13.8 Å². The molecule has 0 spiro atoms. The lowest BCUT2D eigenvalue weighted by Crippen LogP contribution is -2.13. The molecule has 3 aromatic rings. The minimum Gasteiger partial charge on any atom is -0.507 e. The second-order valence-electron chi connectivity index (χ2n) is 5.97. The fraction of sp³-hybridized carbons (Fsp3) is 0.167. The lowest BCUT2D eigenvalue weighted by atomic mass is 10.0. The number of halogens is 2. The number of H-pyrrole nitrogens is 1. The molecular weight excluding hydrogens is 405 g/mol. The Bertz CT molecular complexity index is 1040. The highest BCUT2D eigenvalue weighted by molar-refractivity contribution is 7.99. The van der Waals surface area contributed by atoms with E-state index in [0.717, 1.165) is 11.6 Å². The fourth-order valence-electron chi connectivity index (χ4n) is 2.55. The maximum atomic E-state index is 14.7. The molecule has 0 aliphatic carbocycles. The van der Waals surface area contributed by atoms with Crippen molar-refractivity contribution in [3.05, 3.63) is 52.1 Å². The van der Waals surface area contributed by atoms with Crippen LogP contribution in [-0.4, -0.2) is 32.5 Å². The van der Waals surface area contributed by atoms with Crippen molar-refractivity contribution in [2.24, 2.45) is 0 Å². The molecule has 146 valence electrons. The topological polar surface area (TPSA) is 103 Å². The standard InChI is InChI=1S/C18H17ClFN5O2S/c1-8-4-5-13(21-17(8)25-28-3)10-7-14(26)11(6-12(10)20)18(27)22-15-9(2)23-24-16(15)19/h4-7,26H,1-3H3,(H,21,25)(H,22,27)(H,23,24). The van der Waals surface area contributed by atoms with Gasteiger partial charge in [0.05, 0.1) is 17.0 Å². The molecular formula is C18H17ClFN5O2S. The van der Waals surface area contributed by atoms with Crippen LogP contribution < -0.4 is 10.0 Å². The highest BCUT2D eigenvalue weighted by Crippen LogP contribution is 2.31. The van der Waals surface area contributed by atoms with Crippen molar-refractivity contribution >= 4 is 41.0 Å². The van der Waals surface area contributed by atoms with Gasteiger partial charge in [0.15, 0.2) is 0 Å². The molecule has 1 aromatic carbocycles. The maximum absolute atomic E-state index is 14.7. The number of rotatable bonds is 5. The Morgan fingerprint density at radius 2 is 2.07 bits per heavy atom. The minimum absolute atomic E-state index is 0.0794. The molecule has 0 aliphatic rings. The van der Waals surface area contributed by atoms with E-state index < -0.39 is 11.7 Å². The first-order chi connectivity index (χ1) is 13.3. The number of aromatic amines is 1. The van der Waals surface area contributed by atoms with Crippen LogP contribution in [0.15, 0.2) is 24.3 Å². The molecule has 2 heterocycles. The number of anilines is 2. The summed E-state index contributed by atoms with van der Waals surface area (Å²) >= 11 is 7.28. The summed E-state index contributed by atoms with van der Waals surface area (Å²) in [7, 11) is 0. The van der Waals surface area contributed by atoms with Crippen LogP contribution in [-0.2, 0) is 0 Å². The molecule has 7 nitrogen and oxygen atoms in total. The summed E-state index contributed by atoms with van der Waals surface area (Å²) in [6.45, 7) is 3.52. The smallest absolute Gasteiger partial charge is 0.259 e. The highest BCUT2D eigenvalue weighted by atomic mass is 35.5. The van der Waals surface area contributed by atoms with Crippen LogP contribution in [0.1, 0.15) is 21.6 Å². The number of carbonyl (C=O) groups excluding carboxylic acids is 1. The molecule has 0 unspecified atom stereocenters. The number of phenolic OH excluding ortho intramolecular Hbond substituents is 1. The van der Waals surface area contributed by atoms with Crippen LogP contribution >= 0.6 is 23.5 Å². The number of amides is 1. The van der Waals surface area contributed by atoms with Gasteiger partial charge >= 0.3 is 0 Å². The number of phenols is 1. The fourth-order valence-corrected chi connectivity index (χ4v) is 3.17. The lowest BCUT2D eigenvalue weighted by Gasteiger charge is -2.12. The first kappa shape index (κ1) is 20.0. The van der Waals surface area contributed by atoms with Crippen molar-refractivity contribution < 1.29 is 14.3 Å². The minimum atomic E-state index is -0.712. The summed E-state index contributed by atoms with van der Waals surface area (Å²) < 4.78 is 17.8. The van der Waals surface area contributed by atoms with Gasteiger partial charge in [0.25, 0.3) is 5.91 Å². The molecule has 0 atom stereocenters. The number of hydrogen-bond donors (Lipinski definition) is 4. The van der Waals surface area contributed by atoms with Gasteiger partial charge < -0.3 is 15.1 Å². The number of pyridine rings is 1. The predicted molar refractivity (Wildman–Crippen MR) is 109 cm³/mol. The van der Waals surface area contributed by atoms with Gasteiger partial charge in [-0.2, -0.15) is 5.10 Å². The summed E-state index contributed by atoms with van der Waals surface area (Å²) in [5.74, 6) is -1.19. The van der Waals surface area contributed by atoms with Crippen molar-refractivity contribution in [3.8, 4) is 17.0 Å². The number of nitrogens with zero attached hydrogens (tertiary/aromatic N) is 2. The lowest BCUT2D eigenvalue weighted by molar-refractivity contribution is 0.102. The van der Waals surface area contributed by atoms with E-state index >= 15 is 0 Å². The van der Waals surface area contributed by atoms with E-state index in [2.05, 4.69) is 25.2 Å². The van der Waals surface area contributed by atoms with E-state index in [1.807, 2.05) is 13.2 Å². The monoisotopic (exact) mass is 421 g/mol. The van der Waals surface area contributed by atoms with E-state index in [1.165, 1.54) is 18.0 Å². The maximum Gasteiger partial charge on any atom is 0.259 e. The van der Waals surface area contributed by atoms with Crippen molar-refractivity contribution in [3.63, 3.8) is 0 Å². The van der Waals surface area contributed by atoms with Gasteiger partial charge in [0, 0.05) is 11.8 Å². The first-order valence-electron chi connectivity index (χ1n) is 8.13. The number of nitrogens with one attached hydrogen (secondary N) is 3. The molecule has 4 N–H and O–H groups in total. The van der Waals surface area contributed by atoms with E-state index in [9.17, 15) is 14.3 Å². The third-order valence-electron chi connectivity index (χ3n) is 4.04. The van der Waals surface area contributed by atoms with Crippen LogP contribution in [0.5, 0.6) is 5.75 Å². The Hall–Kier alpha value is -2.78. The number of aryl methyl sites for hydroxylation is 2. The molecule has 28 heavy (non-hydrogen) atoms. The third kappa shape index (κ3) is 3.90. The molecule has 3 rings (SSSR count). The number of aromatic hydroxyl groups is 1. The van der Waals surface area contributed by atoms with Crippen LogP contribution in [0, 0.1) is 19.7 Å². The van der Waals surface area contributed by atoms with Crippen molar-refractivity contribution in [1.29, 1.82) is 0 Å². The van der Waals surface area contributed by atoms with Gasteiger partial charge in [-0.25, -0.2) is 9.37 Å². The van der Waals surface area contributed by atoms with Gasteiger partial charge in [0.2, 0.25) is 0 Å². The van der Waals surface area contributed by atoms with Gasteiger partial charge in [0.1, 0.15) is 28.2 Å². The predicted octanol–water partition coefficient (Wildman–Crippen LogP) is 4.53. The molecule has 0 saturated heterocycles. The second kappa shape index (κ2) is 8.07. The molecule has 0 bridgehead atoms. The Balaban J connectivity index is 1.95. The number of carbonyl (C=O) groups is 1. The van der Waals surface area contributed by atoms with E-state index in [4.69, 9.17) is 11.6 Å². The van der Waals surface area contributed by atoms with Crippen LogP contribution in [0.25, 0.3) is 11.3 Å². The van der Waals surface area contributed by atoms with Crippen LogP contribution in [0.4, 0.5) is 15.9 Å². The Labute approximate surface area is 169 Å². The molecule has 0 saturated carbocycles. The highest BCUT2D eigenvalue weighted by Gasteiger charge is 2.20. The van der Waals surface area contributed by atoms with E-state index in [0.29, 0.717) is 17.2 Å². The zero-order chi connectivity index (χ0) is 20.4. The number of benzene rings is 1. The first-order valence-corrected chi connectivity index (χ1v) is 9.73. The molecule has 0 radical (unpaired) electrons. The van der Waals surface area contributed by atoms with Gasteiger partial charge in [-0.15, -0.1) is 0 Å². The zero-order valence-corrected chi connectivity index (χ0v) is 16.8. The molecule has 2 aromatic heterocycles. The van der Waals surface area contributed by atoms with Crippen LogP contribution in [0.2, 0.25) is 5.15 Å². The summed E-state index contributed by atoms with van der Waals surface area (Å²) in [6.07, 6.45) is 1.85. The van der Waals surface area contributed by atoms with E-state index in [-0.39, 0.29) is 27.7 Å². The molecule has 0 fully saturated rings. The Morgan fingerprint density at radius 3 is 2.71 bits per heavy atom. The van der Waals surface area contributed by atoms with Crippen LogP contribution in [0.3, 0.4) is 0 Å². The SMILES string of the molecule is CSNc1nc(-c2cc(O)c(C(=O)Nc3c(C)n[nH]c3Cl)cc2F)ccc1C. The summed E-state index contributed by atoms with van der Waals surface area (Å²) in [4.78, 5) is 16.8. The number of hydrogen-bond acceptors (Lipinski definition) is 6. The summed E-state index contributed by atoms with van der Waals surface area (Å²) in [5, 5.41) is 19.3. The van der Waals surface area contributed by atoms with Crippen molar-refractivity contribution in [2.75, 3.05) is 16.3 Å². The Kier molecular flexibility index (Phi) is 5.76. The molecule has 0 aliphatic heterocycles. The second-order valence-corrected chi connectivity index (χ2v) is 6.96. The summed E-state index contributed by atoms with van der Waals surface area (Å²) in [6, 6.07) is 5.58. The van der Waals surface area contributed by atoms with Gasteiger partial charge in [-0.05, 0) is 37.6 Å². The Morgan fingerprint density at radius 1 is 1.32 bits per heavy atom. The van der Waals surface area contributed by atoms with Gasteiger partial charge in [-0.1, -0.05) is 29.6 Å². The quantitative estimate of drug-likeness (QED) is 0.451. The molecule has 1 amide bonds. The third-order valence-corrected chi connectivity index (χ3v) is 4.71. The van der Waals surface area contributed by atoms with Crippen molar-refractivity contribution in [1.82, 2.24) is 15.2 Å². The zero-order valence-electron chi connectivity index (χ0n) is 15.2. The normalized spacial score (nSPS) is 10.8. The average Bonchev–Trinajstić information content (AvgIpc) is 2.97. The largest absolute Gasteiger partial charge is 0.507 e. The number of aromatic nitrogens is 3.